The normalized spacial score (nSPS) is 18.4. The van der Waals surface area contributed by atoms with E-state index in [0.29, 0.717) is 0 Å². The van der Waals surface area contributed by atoms with Crippen molar-refractivity contribution in [3.63, 3.8) is 0 Å². The van der Waals surface area contributed by atoms with Gasteiger partial charge in [0.2, 0.25) is 0 Å². The number of benzene rings is 1. The number of aromatic hydroxyl groups is 2. The second kappa shape index (κ2) is 5.41. The van der Waals surface area contributed by atoms with E-state index >= 15 is 0 Å². The average molecular weight is 235 g/mol. The second-order valence-corrected chi connectivity index (χ2v) is 5.06. The van der Waals surface area contributed by atoms with Crippen molar-refractivity contribution in [3.8, 4) is 11.5 Å². The Labute approximate surface area is 102 Å². The SMILES string of the molecule is CC(NCC1CCCC1)c1cc(O)cc(O)c1. The van der Waals surface area contributed by atoms with Gasteiger partial charge in [0.15, 0.2) is 0 Å². The molecule has 2 rings (SSSR count). The number of hydrogen-bond acceptors (Lipinski definition) is 3. The van der Waals surface area contributed by atoms with Crippen LogP contribution in [-0.4, -0.2) is 16.8 Å². The molecule has 0 saturated heterocycles. The monoisotopic (exact) mass is 235 g/mol. The molecule has 0 amide bonds. The Morgan fingerprint density at radius 2 is 1.76 bits per heavy atom. The summed E-state index contributed by atoms with van der Waals surface area (Å²) in [6.45, 7) is 3.08. The predicted octanol–water partition coefficient (Wildman–Crippen LogP) is 2.94. The van der Waals surface area contributed by atoms with Crippen molar-refractivity contribution in [2.45, 2.75) is 38.6 Å². The molecule has 0 spiro atoms. The van der Waals surface area contributed by atoms with Crippen molar-refractivity contribution in [2.24, 2.45) is 5.92 Å². The van der Waals surface area contributed by atoms with E-state index in [9.17, 15) is 10.2 Å². The highest BCUT2D eigenvalue weighted by atomic mass is 16.3. The zero-order valence-electron chi connectivity index (χ0n) is 10.3. The smallest absolute Gasteiger partial charge is 0.119 e. The minimum absolute atomic E-state index is 0.120. The van der Waals surface area contributed by atoms with E-state index in [4.69, 9.17) is 0 Å². The largest absolute Gasteiger partial charge is 0.508 e. The first-order chi connectivity index (χ1) is 8.15. The first-order valence-corrected chi connectivity index (χ1v) is 6.41. The molecular weight excluding hydrogens is 214 g/mol. The minimum atomic E-state index is 0.120. The van der Waals surface area contributed by atoms with Crippen molar-refractivity contribution in [3.05, 3.63) is 23.8 Å². The molecule has 1 aliphatic carbocycles. The van der Waals surface area contributed by atoms with Crippen LogP contribution in [0.3, 0.4) is 0 Å². The Morgan fingerprint density at radius 3 is 2.35 bits per heavy atom. The molecule has 0 bridgehead atoms. The molecule has 1 atom stereocenters. The molecule has 1 aliphatic rings. The summed E-state index contributed by atoms with van der Waals surface area (Å²) in [4.78, 5) is 0. The van der Waals surface area contributed by atoms with Gasteiger partial charge in [-0.1, -0.05) is 12.8 Å². The number of rotatable bonds is 4. The van der Waals surface area contributed by atoms with E-state index in [-0.39, 0.29) is 17.5 Å². The average Bonchev–Trinajstić information content (AvgIpc) is 2.77. The molecule has 1 aromatic rings. The highest BCUT2D eigenvalue weighted by molar-refractivity contribution is 5.37. The van der Waals surface area contributed by atoms with Crippen LogP contribution >= 0.6 is 0 Å². The molecule has 3 nitrogen and oxygen atoms in total. The van der Waals surface area contributed by atoms with Crippen LogP contribution in [0.2, 0.25) is 0 Å². The lowest BCUT2D eigenvalue weighted by atomic mass is 10.0. The summed E-state index contributed by atoms with van der Waals surface area (Å²) in [5.74, 6) is 1.03. The molecule has 17 heavy (non-hydrogen) atoms. The van der Waals surface area contributed by atoms with Gasteiger partial charge in [-0.15, -0.1) is 0 Å². The van der Waals surface area contributed by atoms with Crippen LogP contribution in [-0.2, 0) is 0 Å². The van der Waals surface area contributed by atoms with Gasteiger partial charge in [0, 0.05) is 12.1 Å². The highest BCUT2D eigenvalue weighted by Crippen LogP contribution is 2.27. The third-order valence-corrected chi connectivity index (χ3v) is 3.61. The van der Waals surface area contributed by atoms with Gasteiger partial charge in [-0.3, -0.25) is 0 Å². The maximum atomic E-state index is 9.43. The Kier molecular flexibility index (Phi) is 3.89. The van der Waals surface area contributed by atoms with Crippen LogP contribution in [0.15, 0.2) is 18.2 Å². The van der Waals surface area contributed by atoms with Gasteiger partial charge in [-0.25, -0.2) is 0 Å². The summed E-state index contributed by atoms with van der Waals surface area (Å²) in [6.07, 6.45) is 5.36. The maximum Gasteiger partial charge on any atom is 0.119 e. The van der Waals surface area contributed by atoms with E-state index in [2.05, 4.69) is 12.2 Å². The van der Waals surface area contributed by atoms with Crippen LogP contribution in [0, 0.1) is 5.92 Å². The molecular formula is C14H21NO2. The van der Waals surface area contributed by atoms with Crippen LogP contribution in [0.25, 0.3) is 0 Å². The van der Waals surface area contributed by atoms with Gasteiger partial charge in [0.1, 0.15) is 11.5 Å². The zero-order chi connectivity index (χ0) is 12.3. The first kappa shape index (κ1) is 12.2. The van der Waals surface area contributed by atoms with Gasteiger partial charge in [-0.05, 0) is 49.9 Å². The predicted molar refractivity (Wildman–Crippen MR) is 68.1 cm³/mol. The number of phenolic OH excluding ortho intramolecular Hbond substituents is 2. The lowest BCUT2D eigenvalue weighted by Crippen LogP contribution is -2.24. The highest BCUT2D eigenvalue weighted by Gasteiger charge is 2.16. The number of nitrogens with one attached hydrogen (secondary N) is 1. The van der Waals surface area contributed by atoms with Crippen LogP contribution < -0.4 is 5.32 Å². The van der Waals surface area contributed by atoms with E-state index in [1.807, 2.05) is 0 Å². The third kappa shape index (κ3) is 3.37. The lowest BCUT2D eigenvalue weighted by Gasteiger charge is -2.17. The first-order valence-electron chi connectivity index (χ1n) is 6.41. The van der Waals surface area contributed by atoms with Crippen molar-refractivity contribution >= 4 is 0 Å². The summed E-state index contributed by atoms with van der Waals surface area (Å²) in [5.41, 5.74) is 0.931. The fourth-order valence-corrected chi connectivity index (χ4v) is 2.54. The van der Waals surface area contributed by atoms with Crippen LogP contribution in [0.1, 0.15) is 44.2 Å². The fourth-order valence-electron chi connectivity index (χ4n) is 2.54. The van der Waals surface area contributed by atoms with Crippen LogP contribution in [0.4, 0.5) is 0 Å². The van der Waals surface area contributed by atoms with E-state index < -0.39 is 0 Å². The summed E-state index contributed by atoms with van der Waals surface area (Å²) in [5, 5.41) is 22.3. The maximum absolute atomic E-state index is 9.43. The third-order valence-electron chi connectivity index (χ3n) is 3.61. The quantitative estimate of drug-likeness (QED) is 0.752. The molecule has 0 aliphatic heterocycles. The molecule has 1 aromatic carbocycles. The molecule has 3 N–H and O–H groups in total. The Balaban J connectivity index is 1.91. The topological polar surface area (TPSA) is 52.5 Å². The minimum Gasteiger partial charge on any atom is -0.508 e. The van der Waals surface area contributed by atoms with Crippen molar-refractivity contribution in [1.29, 1.82) is 0 Å². The molecule has 0 heterocycles. The summed E-state index contributed by atoms with van der Waals surface area (Å²) < 4.78 is 0. The Hall–Kier alpha value is -1.22. The lowest BCUT2D eigenvalue weighted by molar-refractivity contribution is 0.436. The van der Waals surface area contributed by atoms with Crippen LogP contribution in [0.5, 0.6) is 11.5 Å². The van der Waals surface area contributed by atoms with Gasteiger partial charge in [-0.2, -0.15) is 0 Å². The van der Waals surface area contributed by atoms with Gasteiger partial charge in [0.25, 0.3) is 0 Å². The number of hydrogen-bond donors (Lipinski definition) is 3. The fraction of sp³-hybridized carbons (Fsp3) is 0.571. The zero-order valence-corrected chi connectivity index (χ0v) is 10.3. The molecule has 3 heteroatoms. The molecule has 0 radical (unpaired) electrons. The molecule has 1 fully saturated rings. The van der Waals surface area contributed by atoms with Crippen molar-refractivity contribution < 1.29 is 10.2 Å². The molecule has 1 unspecified atom stereocenters. The molecule has 1 saturated carbocycles. The standard InChI is InChI=1S/C14H21NO2/c1-10(15-9-11-4-2-3-5-11)12-6-13(16)8-14(17)7-12/h6-8,10-11,15-17H,2-5,9H2,1H3. The van der Waals surface area contributed by atoms with Gasteiger partial charge < -0.3 is 15.5 Å². The second-order valence-electron chi connectivity index (χ2n) is 5.06. The molecule has 94 valence electrons. The van der Waals surface area contributed by atoms with E-state index in [1.165, 1.54) is 31.7 Å². The summed E-state index contributed by atoms with van der Waals surface area (Å²) in [6, 6.07) is 4.92. The summed E-state index contributed by atoms with van der Waals surface area (Å²) in [7, 11) is 0. The van der Waals surface area contributed by atoms with E-state index in [1.54, 1.807) is 12.1 Å². The molecule has 0 aromatic heterocycles. The van der Waals surface area contributed by atoms with Gasteiger partial charge >= 0.3 is 0 Å². The van der Waals surface area contributed by atoms with Gasteiger partial charge in [0.05, 0.1) is 0 Å². The number of phenols is 2. The van der Waals surface area contributed by atoms with Crippen molar-refractivity contribution in [1.82, 2.24) is 5.32 Å². The Bertz CT molecular complexity index is 352. The summed E-state index contributed by atoms with van der Waals surface area (Å²) >= 11 is 0. The Morgan fingerprint density at radius 1 is 1.18 bits per heavy atom. The van der Waals surface area contributed by atoms with E-state index in [0.717, 1.165) is 18.0 Å². The van der Waals surface area contributed by atoms with Crippen molar-refractivity contribution in [2.75, 3.05) is 6.54 Å².